The standard InChI is InChI=1S/C22H20N2O2/c23-21(25)18-11-13-19(14-12-18)22(26)24-15-20(16-7-3-1-4-8-16)17-9-5-2-6-10-17/h1-14,20H,15H2,(H2,23,25)(H,24,26). The van der Waals surface area contributed by atoms with Crippen LogP contribution in [0, 0.1) is 0 Å². The summed E-state index contributed by atoms with van der Waals surface area (Å²) in [6.45, 7) is 0.477. The zero-order valence-electron chi connectivity index (χ0n) is 14.3. The molecule has 0 fully saturated rings. The number of hydrogen-bond donors (Lipinski definition) is 2. The monoisotopic (exact) mass is 344 g/mol. The highest BCUT2D eigenvalue weighted by molar-refractivity contribution is 5.97. The summed E-state index contributed by atoms with van der Waals surface area (Å²) in [6.07, 6.45) is 0. The summed E-state index contributed by atoms with van der Waals surface area (Å²) in [7, 11) is 0. The minimum Gasteiger partial charge on any atom is -0.366 e. The van der Waals surface area contributed by atoms with E-state index in [-0.39, 0.29) is 11.8 Å². The number of carbonyl (C=O) groups is 2. The van der Waals surface area contributed by atoms with Gasteiger partial charge in [-0.1, -0.05) is 60.7 Å². The van der Waals surface area contributed by atoms with Gasteiger partial charge < -0.3 is 11.1 Å². The van der Waals surface area contributed by atoms with Gasteiger partial charge >= 0.3 is 0 Å². The molecule has 0 aliphatic carbocycles. The van der Waals surface area contributed by atoms with Crippen molar-refractivity contribution in [2.75, 3.05) is 6.54 Å². The lowest BCUT2D eigenvalue weighted by Gasteiger charge is -2.19. The second-order valence-corrected chi connectivity index (χ2v) is 6.03. The highest BCUT2D eigenvalue weighted by Crippen LogP contribution is 2.23. The molecule has 0 saturated heterocycles. The summed E-state index contributed by atoms with van der Waals surface area (Å²) in [6, 6.07) is 26.5. The van der Waals surface area contributed by atoms with Crippen LogP contribution in [0.4, 0.5) is 0 Å². The van der Waals surface area contributed by atoms with Gasteiger partial charge in [0, 0.05) is 23.6 Å². The third-order valence-corrected chi connectivity index (χ3v) is 4.30. The zero-order valence-corrected chi connectivity index (χ0v) is 14.3. The molecule has 0 heterocycles. The van der Waals surface area contributed by atoms with Crippen LogP contribution in [0.1, 0.15) is 37.8 Å². The zero-order chi connectivity index (χ0) is 18.4. The largest absolute Gasteiger partial charge is 0.366 e. The van der Waals surface area contributed by atoms with Gasteiger partial charge in [-0.05, 0) is 35.4 Å². The molecular weight excluding hydrogens is 324 g/mol. The molecule has 0 saturated carbocycles. The molecule has 3 aromatic carbocycles. The number of carbonyl (C=O) groups excluding carboxylic acids is 2. The fraction of sp³-hybridized carbons (Fsp3) is 0.0909. The van der Waals surface area contributed by atoms with Crippen LogP contribution in [0.3, 0.4) is 0 Å². The Bertz CT molecular complexity index is 836. The molecule has 3 N–H and O–H groups in total. The predicted molar refractivity (Wildman–Crippen MR) is 102 cm³/mol. The molecule has 0 aliphatic rings. The quantitative estimate of drug-likeness (QED) is 0.720. The topological polar surface area (TPSA) is 72.2 Å². The maximum atomic E-state index is 12.5. The van der Waals surface area contributed by atoms with Crippen molar-refractivity contribution in [3.63, 3.8) is 0 Å². The number of nitrogens with two attached hydrogens (primary N) is 1. The minimum atomic E-state index is -0.509. The summed E-state index contributed by atoms with van der Waals surface area (Å²) in [5, 5.41) is 2.99. The lowest BCUT2D eigenvalue weighted by Crippen LogP contribution is -2.29. The molecule has 26 heavy (non-hydrogen) atoms. The summed E-state index contributed by atoms with van der Waals surface area (Å²) >= 11 is 0. The average molecular weight is 344 g/mol. The molecule has 4 nitrogen and oxygen atoms in total. The Hall–Kier alpha value is -3.40. The molecule has 0 unspecified atom stereocenters. The van der Waals surface area contributed by atoms with Crippen LogP contribution in [0.15, 0.2) is 84.9 Å². The number of benzene rings is 3. The van der Waals surface area contributed by atoms with Crippen molar-refractivity contribution < 1.29 is 9.59 Å². The van der Waals surface area contributed by atoms with Crippen LogP contribution in [0.5, 0.6) is 0 Å². The van der Waals surface area contributed by atoms with Gasteiger partial charge in [0.2, 0.25) is 5.91 Å². The molecule has 3 aromatic rings. The van der Waals surface area contributed by atoms with E-state index in [9.17, 15) is 9.59 Å². The first-order valence-corrected chi connectivity index (χ1v) is 8.43. The smallest absolute Gasteiger partial charge is 0.251 e. The molecule has 4 heteroatoms. The van der Waals surface area contributed by atoms with Crippen molar-refractivity contribution in [3.8, 4) is 0 Å². The maximum absolute atomic E-state index is 12.5. The van der Waals surface area contributed by atoms with Gasteiger partial charge in [0.15, 0.2) is 0 Å². The summed E-state index contributed by atoms with van der Waals surface area (Å²) < 4.78 is 0. The molecule has 2 amide bonds. The van der Waals surface area contributed by atoms with Crippen molar-refractivity contribution in [1.29, 1.82) is 0 Å². The average Bonchev–Trinajstić information content (AvgIpc) is 2.69. The fourth-order valence-electron chi connectivity index (χ4n) is 2.88. The van der Waals surface area contributed by atoms with E-state index >= 15 is 0 Å². The lowest BCUT2D eigenvalue weighted by molar-refractivity contribution is 0.0949. The molecule has 130 valence electrons. The maximum Gasteiger partial charge on any atom is 0.251 e. The molecule has 3 rings (SSSR count). The van der Waals surface area contributed by atoms with Gasteiger partial charge in [0.25, 0.3) is 5.91 Å². The van der Waals surface area contributed by atoms with Crippen LogP contribution < -0.4 is 11.1 Å². The number of nitrogens with one attached hydrogen (secondary N) is 1. The molecule has 0 radical (unpaired) electrons. The number of hydrogen-bond acceptors (Lipinski definition) is 2. The van der Waals surface area contributed by atoms with Gasteiger partial charge in [-0.2, -0.15) is 0 Å². The summed E-state index contributed by atoms with van der Waals surface area (Å²) in [5.41, 5.74) is 8.39. The van der Waals surface area contributed by atoms with Crippen LogP contribution in [-0.4, -0.2) is 18.4 Å². The molecule has 0 atom stereocenters. The first kappa shape index (κ1) is 17.4. The first-order chi connectivity index (χ1) is 12.6. The Morgan fingerprint density at radius 2 is 1.19 bits per heavy atom. The van der Waals surface area contributed by atoms with E-state index in [1.54, 1.807) is 24.3 Å². The molecule has 0 aromatic heterocycles. The van der Waals surface area contributed by atoms with Crippen LogP contribution in [0.2, 0.25) is 0 Å². The van der Waals surface area contributed by atoms with E-state index in [2.05, 4.69) is 29.6 Å². The van der Waals surface area contributed by atoms with Crippen molar-refractivity contribution in [2.24, 2.45) is 5.73 Å². The number of rotatable bonds is 6. The fourth-order valence-corrected chi connectivity index (χ4v) is 2.88. The van der Waals surface area contributed by atoms with Gasteiger partial charge in [0.05, 0.1) is 0 Å². The SMILES string of the molecule is NC(=O)c1ccc(C(=O)NCC(c2ccccc2)c2ccccc2)cc1. The molecule has 0 spiro atoms. The molecule has 0 bridgehead atoms. The molecule has 0 aliphatic heterocycles. The van der Waals surface area contributed by atoms with E-state index in [0.717, 1.165) is 11.1 Å². The third kappa shape index (κ3) is 4.16. The third-order valence-electron chi connectivity index (χ3n) is 4.30. The Morgan fingerprint density at radius 1 is 0.731 bits per heavy atom. The normalized spacial score (nSPS) is 10.5. The van der Waals surface area contributed by atoms with Crippen molar-refractivity contribution in [3.05, 3.63) is 107 Å². The van der Waals surface area contributed by atoms with Gasteiger partial charge in [0.1, 0.15) is 0 Å². The van der Waals surface area contributed by atoms with E-state index in [1.165, 1.54) is 0 Å². The Morgan fingerprint density at radius 3 is 1.65 bits per heavy atom. The van der Waals surface area contributed by atoms with Gasteiger partial charge in [-0.3, -0.25) is 9.59 Å². The Kier molecular flexibility index (Phi) is 5.44. The van der Waals surface area contributed by atoms with Gasteiger partial charge in [-0.25, -0.2) is 0 Å². The van der Waals surface area contributed by atoms with Crippen LogP contribution in [0.25, 0.3) is 0 Å². The second-order valence-electron chi connectivity index (χ2n) is 6.03. The van der Waals surface area contributed by atoms with Gasteiger partial charge in [-0.15, -0.1) is 0 Å². The molecular formula is C22H20N2O2. The first-order valence-electron chi connectivity index (χ1n) is 8.43. The highest BCUT2D eigenvalue weighted by atomic mass is 16.2. The van der Waals surface area contributed by atoms with Crippen molar-refractivity contribution in [1.82, 2.24) is 5.32 Å². The number of amides is 2. The summed E-state index contributed by atoms with van der Waals surface area (Å²) in [5.74, 6) is -0.630. The number of primary amides is 1. The van der Waals surface area contributed by atoms with E-state index in [0.29, 0.717) is 17.7 Å². The van der Waals surface area contributed by atoms with E-state index < -0.39 is 5.91 Å². The van der Waals surface area contributed by atoms with Crippen molar-refractivity contribution in [2.45, 2.75) is 5.92 Å². The second kappa shape index (κ2) is 8.12. The Balaban J connectivity index is 1.75. The van der Waals surface area contributed by atoms with E-state index in [1.807, 2.05) is 36.4 Å². The summed E-state index contributed by atoms with van der Waals surface area (Å²) in [4.78, 5) is 23.6. The Labute approximate surface area is 152 Å². The highest BCUT2D eigenvalue weighted by Gasteiger charge is 2.16. The van der Waals surface area contributed by atoms with E-state index in [4.69, 9.17) is 5.73 Å². The van der Waals surface area contributed by atoms with Crippen molar-refractivity contribution >= 4 is 11.8 Å². The lowest BCUT2D eigenvalue weighted by atomic mass is 9.91. The minimum absolute atomic E-state index is 0.0613. The predicted octanol–water partition coefficient (Wildman–Crippen LogP) is 3.35. The van der Waals surface area contributed by atoms with Crippen LogP contribution in [-0.2, 0) is 0 Å². The van der Waals surface area contributed by atoms with Crippen LogP contribution >= 0.6 is 0 Å².